The van der Waals surface area contributed by atoms with Crippen LogP contribution < -0.4 is 0 Å². The van der Waals surface area contributed by atoms with Crippen LogP contribution in [0.25, 0.3) is 0 Å². The first kappa shape index (κ1) is 14.4. The molecule has 100 valence electrons. The monoisotopic (exact) mass is 265 g/mol. The third kappa shape index (κ3) is 2.78. The van der Waals surface area contributed by atoms with Crippen molar-refractivity contribution >= 4 is 16.0 Å². The molecule has 1 saturated carbocycles. The highest BCUT2D eigenvalue weighted by molar-refractivity contribution is 7.89. The van der Waals surface area contributed by atoms with E-state index in [0.29, 0.717) is 19.3 Å². The average molecular weight is 265 g/mol. The number of likely N-dealkylation sites (N-methyl/N-ethyl adjacent to an activating group) is 1. The number of rotatable bonds is 5. The van der Waals surface area contributed by atoms with E-state index in [1.165, 1.54) is 7.05 Å². The first-order chi connectivity index (χ1) is 7.82. The van der Waals surface area contributed by atoms with Gasteiger partial charge in [-0.05, 0) is 19.8 Å². The molecule has 0 aromatic rings. The molecule has 7 heteroatoms. The van der Waals surface area contributed by atoms with Crippen molar-refractivity contribution in [1.29, 1.82) is 0 Å². The third-order valence-corrected chi connectivity index (χ3v) is 5.93. The van der Waals surface area contributed by atoms with Gasteiger partial charge < -0.3 is 10.2 Å². The minimum atomic E-state index is -3.65. The summed E-state index contributed by atoms with van der Waals surface area (Å²) in [4.78, 5) is 11.0. The topological polar surface area (TPSA) is 94.9 Å². The summed E-state index contributed by atoms with van der Waals surface area (Å²) in [7, 11) is -2.27. The van der Waals surface area contributed by atoms with Crippen LogP contribution in [0.4, 0.5) is 0 Å². The Balaban J connectivity index is 2.94. The maximum Gasteiger partial charge on any atom is 0.307 e. The minimum absolute atomic E-state index is 0.278. The van der Waals surface area contributed by atoms with Crippen molar-refractivity contribution in [3.05, 3.63) is 0 Å². The molecule has 3 atom stereocenters. The molecule has 2 N–H and O–H groups in total. The van der Waals surface area contributed by atoms with Crippen LogP contribution in [0.15, 0.2) is 0 Å². The summed E-state index contributed by atoms with van der Waals surface area (Å²) in [6.45, 7) is 1.31. The molecule has 3 unspecified atom stereocenters. The van der Waals surface area contributed by atoms with Crippen molar-refractivity contribution in [3.8, 4) is 0 Å². The summed E-state index contributed by atoms with van der Waals surface area (Å²) in [5.41, 5.74) is 0. The second-order valence-corrected chi connectivity index (χ2v) is 6.72. The van der Waals surface area contributed by atoms with Gasteiger partial charge in [0.25, 0.3) is 0 Å². The predicted molar refractivity (Wildman–Crippen MR) is 62.0 cm³/mol. The molecule has 0 radical (unpaired) electrons. The molecule has 0 heterocycles. The lowest BCUT2D eigenvalue weighted by atomic mass is 10.1. The van der Waals surface area contributed by atoms with Gasteiger partial charge in [-0.2, -0.15) is 4.31 Å². The Labute approximate surface area is 101 Å². The molecule has 1 aliphatic carbocycles. The van der Waals surface area contributed by atoms with Crippen molar-refractivity contribution < 1.29 is 23.4 Å². The van der Waals surface area contributed by atoms with E-state index < -0.39 is 33.2 Å². The second kappa shape index (κ2) is 5.32. The Morgan fingerprint density at radius 2 is 2.06 bits per heavy atom. The molecule has 0 spiro atoms. The summed E-state index contributed by atoms with van der Waals surface area (Å²) >= 11 is 0. The fourth-order valence-corrected chi connectivity index (χ4v) is 4.27. The molecular formula is C10H19NO5S. The van der Waals surface area contributed by atoms with E-state index in [2.05, 4.69) is 0 Å². The van der Waals surface area contributed by atoms with Gasteiger partial charge >= 0.3 is 5.97 Å². The van der Waals surface area contributed by atoms with Crippen molar-refractivity contribution in [2.24, 2.45) is 5.92 Å². The van der Waals surface area contributed by atoms with Gasteiger partial charge in [0, 0.05) is 13.1 Å². The SMILES string of the molecule is CC(CO)N(C)S(=O)(=O)C1CCCC1C(=O)O. The number of carbonyl (C=O) groups is 1. The number of hydrogen-bond acceptors (Lipinski definition) is 4. The molecule has 0 aliphatic heterocycles. The molecule has 0 saturated heterocycles. The smallest absolute Gasteiger partial charge is 0.307 e. The quantitative estimate of drug-likeness (QED) is 0.722. The van der Waals surface area contributed by atoms with Crippen molar-refractivity contribution in [3.63, 3.8) is 0 Å². The number of aliphatic hydroxyl groups excluding tert-OH is 1. The summed E-state index contributed by atoms with van der Waals surface area (Å²) in [5, 5.41) is 17.1. The summed E-state index contributed by atoms with van der Waals surface area (Å²) in [6, 6.07) is -0.532. The van der Waals surface area contributed by atoms with Gasteiger partial charge in [0.1, 0.15) is 0 Å². The Bertz CT molecular complexity index is 380. The highest BCUT2D eigenvalue weighted by Crippen LogP contribution is 2.33. The number of sulfonamides is 1. The zero-order valence-corrected chi connectivity index (χ0v) is 10.9. The van der Waals surface area contributed by atoms with Gasteiger partial charge in [0.2, 0.25) is 10.0 Å². The van der Waals surface area contributed by atoms with Crippen LogP contribution in [-0.2, 0) is 14.8 Å². The number of carboxylic acids is 1. The van der Waals surface area contributed by atoms with Gasteiger partial charge in [-0.1, -0.05) is 6.42 Å². The maximum atomic E-state index is 12.2. The first-order valence-electron chi connectivity index (χ1n) is 5.63. The van der Waals surface area contributed by atoms with E-state index in [4.69, 9.17) is 10.2 Å². The number of nitrogens with zero attached hydrogens (tertiary/aromatic N) is 1. The molecule has 17 heavy (non-hydrogen) atoms. The summed E-state index contributed by atoms with van der Waals surface area (Å²) < 4.78 is 25.5. The van der Waals surface area contributed by atoms with Gasteiger partial charge in [0.05, 0.1) is 17.8 Å². The molecule has 0 aromatic carbocycles. The molecule has 0 aromatic heterocycles. The highest BCUT2D eigenvalue weighted by Gasteiger charge is 2.44. The third-order valence-electron chi connectivity index (χ3n) is 3.44. The normalized spacial score (nSPS) is 27.3. The molecule has 6 nitrogen and oxygen atoms in total. The fourth-order valence-electron chi connectivity index (χ4n) is 2.14. The van der Waals surface area contributed by atoms with E-state index in [1.54, 1.807) is 6.92 Å². The molecule has 0 amide bonds. The minimum Gasteiger partial charge on any atom is -0.481 e. The number of carboxylic acid groups (broad SMARTS) is 1. The van der Waals surface area contributed by atoms with Gasteiger partial charge in [-0.3, -0.25) is 4.79 Å². The summed E-state index contributed by atoms with van der Waals surface area (Å²) in [6.07, 6.45) is 1.39. The van der Waals surface area contributed by atoms with Crippen LogP contribution in [0.5, 0.6) is 0 Å². The van der Waals surface area contributed by atoms with E-state index >= 15 is 0 Å². The predicted octanol–water partition coefficient (Wildman–Crippen LogP) is -0.118. The molecule has 1 aliphatic rings. The second-order valence-electron chi connectivity index (χ2n) is 4.51. The first-order valence-corrected chi connectivity index (χ1v) is 7.13. The van der Waals surface area contributed by atoms with Crippen LogP contribution in [0.2, 0.25) is 0 Å². The van der Waals surface area contributed by atoms with Crippen LogP contribution in [0, 0.1) is 5.92 Å². The largest absolute Gasteiger partial charge is 0.481 e. The van der Waals surface area contributed by atoms with E-state index in [9.17, 15) is 13.2 Å². The molecule has 1 fully saturated rings. The lowest BCUT2D eigenvalue weighted by Gasteiger charge is -2.27. The number of aliphatic hydroxyl groups is 1. The highest BCUT2D eigenvalue weighted by atomic mass is 32.2. The number of hydrogen-bond donors (Lipinski definition) is 2. The maximum absolute atomic E-state index is 12.2. The zero-order chi connectivity index (χ0) is 13.2. The molecule has 0 bridgehead atoms. The fraction of sp³-hybridized carbons (Fsp3) is 0.900. The molecule has 1 rings (SSSR count). The van der Waals surface area contributed by atoms with E-state index in [1.807, 2.05) is 0 Å². The van der Waals surface area contributed by atoms with E-state index in [-0.39, 0.29) is 6.61 Å². The van der Waals surface area contributed by atoms with Crippen LogP contribution in [0.1, 0.15) is 26.2 Å². The Morgan fingerprint density at radius 1 is 1.47 bits per heavy atom. The van der Waals surface area contributed by atoms with Crippen molar-refractivity contribution in [2.75, 3.05) is 13.7 Å². The average Bonchev–Trinajstić information content (AvgIpc) is 2.76. The van der Waals surface area contributed by atoms with Gasteiger partial charge in [-0.25, -0.2) is 8.42 Å². The van der Waals surface area contributed by atoms with Crippen LogP contribution >= 0.6 is 0 Å². The van der Waals surface area contributed by atoms with Gasteiger partial charge in [0.15, 0.2) is 0 Å². The van der Waals surface area contributed by atoms with Crippen molar-refractivity contribution in [1.82, 2.24) is 4.31 Å². The zero-order valence-electron chi connectivity index (χ0n) is 10.0. The summed E-state index contributed by atoms with van der Waals surface area (Å²) in [5.74, 6) is -1.88. The van der Waals surface area contributed by atoms with Crippen LogP contribution in [-0.4, -0.2) is 53.9 Å². The van der Waals surface area contributed by atoms with E-state index in [0.717, 1.165) is 4.31 Å². The lowest BCUT2D eigenvalue weighted by molar-refractivity contribution is -0.141. The standard InChI is InChI=1S/C10H19NO5S/c1-7(6-12)11(2)17(15,16)9-5-3-4-8(9)10(13)14/h7-9,12H,3-6H2,1-2H3,(H,13,14). The number of aliphatic carboxylic acids is 1. The van der Waals surface area contributed by atoms with Gasteiger partial charge in [-0.15, -0.1) is 0 Å². The Hall–Kier alpha value is -0.660. The van der Waals surface area contributed by atoms with Crippen LogP contribution in [0.3, 0.4) is 0 Å². The van der Waals surface area contributed by atoms with Crippen molar-refractivity contribution in [2.45, 2.75) is 37.5 Å². The lowest BCUT2D eigenvalue weighted by Crippen LogP contribution is -2.45. The Kier molecular flexibility index (Phi) is 4.51. The molecular weight excluding hydrogens is 246 g/mol. The Morgan fingerprint density at radius 3 is 2.53 bits per heavy atom.